The van der Waals surface area contributed by atoms with E-state index in [-0.39, 0.29) is 28.5 Å². The molecule has 3 N–H and O–H groups in total. The molecule has 1 aromatic carbocycles. The molecule has 0 bridgehead atoms. The molecule has 0 aliphatic heterocycles. The molecule has 11 heteroatoms. The third kappa shape index (κ3) is 6.09. The summed E-state index contributed by atoms with van der Waals surface area (Å²) in [6.45, 7) is -0.0744. The van der Waals surface area contributed by atoms with Gasteiger partial charge in [-0.1, -0.05) is 6.07 Å². The number of benzene rings is 1. The van der Waals surface area contributed by atoms with E-state index in [1.54, 1.807) is 0 Å². The van der Waals surface area contributed by atoms with E-state index in [2.05, 4.69) is 4.72 Å². The molecule has 0 atom stereocenters. The first kappa shape index (κ1) is 18.0. The van der Waals surface area contributed by atoms with E-state index < -0.39 is 29.9 Å². The SMILES string of the molecule is CS(=O)(=O)CCCNS(=O)(=O)c1cccc(S(N)(=O)=O)c1. The number of hydrogen-bond donors (Lipinski definition) is 2. The second-order valence-corrected chi connectivity index (χ2v) is 9.99. The van der Waals surface area contributed by atoms with Crippen molar-refractivity contribution in [2.75, 3.05) is 18.6 Å². The van der Waals surface area contributed by atoms with Crippen molar-refractivity contribution in [1.29, 1.82) is 0 Å². The zero-order valence-electron chi connectivity index (χ0n) is 11.2. The Kier molecular flexibility index (Phi) is 5.50. The summed E-state index contributed by atoms with van der Waals surface area (Å²) in [6.07, 6.45) is 1.17. The molecule has 0 aliphatic carbocycles. The highest BCUT2D eigenvalue weighted by Gasteiger charge is 2.17. The van der Waals surface area contributed by atoms with Gasteiger partial charge in [-0.2, -0.15) is 0 Å². The molecule has 21 heavy (non-hydrogen) atoms. The van der Waals surface area contributed by atoms with E-state index in [1.165, 1.54) is 18.2 Å². The summed E-state index contributed by atoms with van der Waals surface area (Å²) in [7, 11) is -11.1. The molecule has 0 aliphatic rings. The molecule has 1 rings (SSSR count). The van der Waals surface area contributed by atoms with E-state index >= 15 is 0 Å². The van der Waals surface area contributed by atoms with Gasteiger partial charge in [-0.05, 0) is 24.6 Å². The van der Waals surface area contributed by atoms with E-state index in [4.69, 9.17) is 5.14 Å². The van der Waals surface area contributed by atoms with Gasteiger partial charge in [0.2, 0.25) is 20.0 Å². The van der Waals surface area contributed by atoms with Crippen LogP contribution in [0, 0.1) is 0 Å². The molecule has 0 saturated carbocycles. The molecule has 1 aromatic rings. The fraction of sp³-hybridized carbons (Fsp3) is 0.400. The summed E-state index contributed by atoms with van der Waals surface area (Å²) in [6, 6.07) is 4.59. The van der Waals surface area contributed by atoms with Crippen LogP contribution in [0.3, 0.4) is 0 Å². The first-order valence-electron chi connectivity index (χ1n) is 5.72. The predicted octanol–water partition coefficient (Wildman–Crippen LogP) is -0.953. The Morgan fingerprint density at radius 3 is 2.14 bits per heavy atom. The van der Waals surface area contributed by atoms with Gasteiger partial charge >= 0.3 is 0 Å². The lowest BCUT2D eigenvalue weighted by molar-refractivity contribution is 0.577. The first-order chi connectivity index (χ1) is 9.42. The molecule has 0 amide bonds. The quantitative estimate of drug-likeness (QED) is 0.603. The molecule has 0 heterocycles. The van der Waals surface area contributed by atoms with Crippen LogP contribution in [0.2, 0.25) is 0 Å². The van der Waals surface area contributed by atoms with Gasteiger partial charge in [0.05, 0.1) is 15.5 Å². The summed E-state index contributed by atoms with van der Waals surface area (Å²) in [4.78, 5) is -0.574. The summed E-state index contributed by atoms with van der Waals surface area (Å²) in [5.41, 5.74) is 0. The highest BCUT2D eigenvalue weighted by molar-refractivity contribution is 7.90. The van der Waals surface area contributed by atoms with Crippen molar-refractivity contribution in [3.8, 4) is 0 Å². The van der Waals surface area contributed by atoms with Gasteiger partial charge in [0.15, 0.2) is 0 Å². The van der Waals surface area contributed by atoms with Crippen LogP contribution in [0.4, 0.5) is 0 Å². The highest BCUT2D eigenvalue weighted by Crippen LogP contribution is 2.14. The minimum Gasteiger partial charge on any atom is -0.229 e. The van der Waals surface area contributed by atoms with E-state index in [9.17, 15) is 25.3 Å². The second-order valence-electron chi connectivity index (χ2n) is 4.40. The monoisotopic (exact) mass is 356 g/mol. The molecule has 0 aromatic heterocycles. The fourth-order valence-electron chi connectivity index (χ4n) is 1.44. The van der Waals surface area contributed by atoms with Gasteiger partial charge < -0.3 is 0 Å². The zero-order chi connectivity index (χ0) is 16.3. The maximum absolute atomic E-state index is 11.9. The van der Waals surface area contributed by atoms with Gasteiger partial charge in [-0.25, -0.2) is 35.1 Å². The first-order valence-corrected chi connectivity index (χ1v) is 10.8. The van der Waals surface area contributed by atoms with Crippen LogP contribution in [0.25, 0.3) is 0 Å². The predicted molar refractivity (Wildman–Crippen MR) is 77.3 cm³/mol. The zero-order valence-corrected chi connectivity index (χ0v) is 13.6. The maximum atomic E-state index is 11.9. The van der Waals surface area contributed by atoms with E-state index in [1.807, 2.05) is 0 Å². The van der Waals surface area contributed by atoms with Crippen LogP contribution in [-0.2, 0) is 29.9 Å². The summed E-state index contributed by atoms with van der Waals surface area (Å²) in [5.74, 6) is -0.146. The number of nitrogens with one attached hydrogen (secondary N) is 1. The topological polar surface area (TPSA) is 140 Å². The normalized spacial score (nSPS) is 13.2. The van der Waals surface area contributed by atoms with E-state index in [0.29, 0.717) is 0 Å². The standard InChI is InChI=1S/C10H16N2O6S3/c1-19(13,14)7-3-6-12-21(17,18)10-5-2-4-9(8-10)20(11,15)16/h2,4-5,8,12H,3,6-7H2,1H3,(H2,11,15,16). The van der Waals surface area contributed by atoms with Crippen molar-refractivity contribution < 1.29 is 25.3 Å². The Bertz CT molecular complexity index is 812. The van der Waals surface area contributed by atoms with Gasteiger partial charge in [-0.15, -0.1) is 0 Å². The highest BCUT2D eigenvalue weighted by atomic mass is 32.2. The third-order valence-corrected chi connectivity index (χ3v) is 5.83. The number of primary sulfonamides is 1. The molecule has 120 valence electrons. The van der Waals surface area contributed by atoms with Crippen LogP contribution < -0.4 is 9.86 Å². The molecule has 8 nitrogen and oxygen atoms in total. The van der Waals surface area contributed by atoms with Gasteiger partial charge in [0, 0.05) is 12.8 Å². The van der Waals surface area contributed by atoms with Crippen LogP contribution in [-0.4, -0.2) is 43.8 Å². The smallest absolute Gasteiger partial charge is 0.229 e. The lowest BCUT2D eigenvalue weighted by Crippen LogP contribution is -2.26. The summed E-state index contributed by atoms with van der Waals surface area (Å²) >= 11 is 0. The van der Waals surface area contributed by atoms with Gasteiger partial charge in [0.25, 0.3) is 0 Å². The number of hydrogen-bond acceptors (Lipinski definition) is 6. The number of rotatable bonds is 7. The molecule has 0 saturated heterocycles. The summed E-state index contributed by atoms with van der Waals surface area (Å²) < 4.78 is 70.3. The Morgan fingerprint density at radius 1 is 1.05 bits per heavy atom. The van der Waals surface area contributed by atoms with Crippen molar-refractivity contribution in [3.05, 3.63) is 24.3 Å². The molecule has 0 fully saturated rings. The molecule has 0 spiro atoms. The lowest BCUT2D eigenvalue weighted by atomic mass is 10.4. The lowest BCUT2D eigenvalue weighted by Gasteiger charge is -2.07. The second kappa shape index (κ2) is 6.40. The Balaban J connectivity index is 2.84. The maximum Gasteiger partial charge on any atom is 0.240 e. The minimum atomic E-state index is -4.00. The third-order valence-electron chi connectivity index (χ3n) is 2.43. The van der Waals surface area contributed by atoms with Crippen molar-refractivity contribution in [2.24, 2.45) is 5.14 Å². The van der Waals surface area contributed by atoms with Crippen LogP contribution in [0.1, 0.15) is 6.42 Å². The Hall–Kier alpha value is -1.01. The molecule has 0 radical (unpaired) electrons. The van der Waals surface area contributed by atoms with Crippen molar-refractivity contribution in [2.45, 2.75) is 16.2 Å². The largest absolute Gasteiger partial charge is 0.240 e. The van der Waals surface area contributed by atoms with Crippen LogP contribution >= 0.6 is 0 Å². The van der Waals surface area contributed by atoms with Gasteiger partial charge in [-0.3, -0.25) is 0 Å². The Labute approximate surface area is 124 Å². The van der Waals surface area contributed by atoms with Crippen molar-refractivity contribution in [3.63, 3.8) is 0 Å². The average molecular weight is 356 g/mol. The number of sulfonamides is 2. The van der Waals surface area contributed by atoms with Gasteiger partial charge in [0.1, 0.15) is 9.84 Å². The minimum absolute atomic E-state index is 0.0744. The fourth-order valence-corrected chi connectivity index (χ4v) is 3.86. The number of nitrogens with two attached hydrogens (primary N) is 1. The van der Waals surface area contributed by atoms with Crippen LogP contribution in [0.15, 0.2) is 34.1 Å². The van der Waals surface area contributed by atoms with Crippen molar-refractivity contribution >= 4 is 29.9 Å². The molecule has 0 unspecified atom stereocenters. The molecular weight excluding hydrogens is 340 g/mol. The molecular formula is C10H16N2O6S3. The average Bonchev–Trinajstić information content (AvgIpc) is 2.33. The van der Waals surface area contributed by atoms with Crippen LogP contribution in [0.5, 0.6) is 0 Å². The van der Waals surface area contributed by atoms with Crippen molar-refractivity contribution in [1.82, 2.24) is 4.72 Å². The number of sulfone groups is 1. The Morgan fingerprint density at radius 2 is 1.62 bits per heavy atom. The van der Waals surface area contributed by atoms with E-state index in [0.717, 1.165) is 12.3 Å². The summed E-state index contributed by atoms with van der Waals surface area (Å²) in [5, 5.41) is 4.93.